The number of halogens is 1. The average Bonchev–Trinajstić information content (AvgIpc) is 2.38. The van der Waals surface area contributed by atoms with Crippen molar-refractivity contribution in [3.05, 3.63) is 58.7 Å². The van der Waals surface area contributed by atoms with E-state index >= 15 is 0 Å². The fourth-order valence-corrected chi connectivity index (χ4v) is 1.65. The molecule has 0 fully saturated rings. The summed E-state index contributed by atoms with van der Waals surface area (Å²) in [6.45, 7) is 2.39. The monoisotopic (exact) mass is 262 g/mol. The van der Waals surface area contributed by atoms with Crippen LogP contribution in [0.2, 0.25) is 5.02 Å². The first-order chi connectivity index (χ1) is 8.65. The van der Waals surface area contributed by atoms with Crippen LogP contribution in [-0.2, 0) is 6.61 Å². The van der Waals surface area contributed by atoms with Gasteiger partial charge in [0.25, 0.3) is 0 Å². The van der Waals surface area contributed by atoms with Crippen LogP contribution in [0, 0.1) is 0 Å². The Morgan fingerprint density at radius 1 is 1.28 bits per heavy atom. The molecule has 2 aromatic rings. The van der Waals surface area contributed by atoms with Crippen molar-refractivity contribution in [2.75, 3.05) is 0 Å². The number of benzene rings is 1. The van der Waals surface area contributed by atoms with Crippen molar-refractivity contribution in [2.24, 2.45) is 5.73 Å². The lowest BCUT2D eigenvalue weighted by atomic mass is 10.1. The second-order valence-corrected chi connectivity index (χ2v) is 4.57. The summed E-state index contributed by atoms with van der Waals surface area (Å²) < 4.78 is 5.61. The summed E-state index contributed by atoms with van der Waals surface area (Å²) in [6.07, 6.45) is 1.70. The Morgan fingerprint density at radius 2 is 2.00 bits per heavy atom. The Bertz CT molecular complexity index is 511. The molecule has 94 valence electrons. The van der Waals surface area contributed by atoms with Crippen LogP contribution < -0.4 is 10.5 Å². The van der Waals surface area contributed by atoms with Gasteiger partial charge in [0.05, 0.1) is 0 Å². The topological polar surface area (TPSA) is 48.1 Å². The number of hydrogen-bond donors (Lipinski definition) is 1. The van der Waals surface area contributed by atoms with Crippen LogP contribution in [0.4, 0.5) is 0 Å². The maximum Gasteiger partial charge on any atom is 0.213 e. The zero-order valence-corrected chi connectivity index (χ0v) is 10.9. The molecular weight excluding hydrogens is 248 g/mol. The third-order valence-corrected chi connectivity index (χ3v) is 2.84. The summed E-state index contributed by atoms with van der Waals surface area (Å²) in [6, 6.07) is 11.3. The largest absolute Gasteiger partial charge is 0.473 e. The molecule has 0 unspecified atom stereocenters. The molecule has 0 amide bonds. The van der Waals surface area contributed by atoms with Crippen molar-refractivity contribution < 1.29 is 4.74 Å². The van der Waals surface area contributed by atoms with Gasteiger partial charge < -0.3 is 10.5 Å². The first kappa shape index (κ1) is 12.9. The van der Waals surface area contributed by atoms with Crippen LogP contribution in [0.3, 0.4) is 0 Å². The van der Waals surface area contributed by atoms with Gasteiger partial charge in [-0.2, -0.15) is 0 Å². The van der Waals surface area contributed by atoms with Gasteiger partial charge >= 0.3 is 0 Å². The van der Waals surface area contributed by atoms with Gasteiger partial charge in [-0.15, -0.1) is 0 Å². The summed E-state index contributed by atoms with van der Waals surface area (Å²) in [4.78, 5) is 4.15. The maximum absolute atomic E-state index is 5.82. The molecule has 1 aromatic heterocycles. The Balaban J connectivity index is 2.01. The van der Waals surface area contributed by atoms with Crippen LogP contribution in [0.25, 0.3) is 0 Å². The molecule has 0 aliphatic heterocycles. The normalized spacial score (nSPS) is 12.2. The van der Waals surface area contributed by atoms with E-state index in [-0.39, 0.29) is 6.04 Å². The number of nitrogens with zero attached hydrogens (tertiary/aromatic N) is 1. The molecule has 1 atom stereocenters. The zero-order chi connectivity index (χ0) is 13.0. The molecule has 2 N–H and O–H groups in total. The molecule has 4 heteroatoms. The van der Waals surface area contributed by atoms with Gasteiger partial charge in [-0.05, 0) is 36.2 Å². The second kappa shape index (κ2) is 5.85. The van der Waals surface area contributed by atoms with E-state index in [1.165, 1.54) is 0 Å². The van der Waals surface area contributed by atoms with Crippen LogP contribution in [0.1, 0.15) is 24.1 Å². The van der Waals surface area contributed by atoms with Gasteiger partial charge in [-0.1, -0.05) is 23.7 Å². The van der Waals surface area contributed by atoms with E-state index in [9.17, 15) is 0 Å². The molecule has 0 aliphatic rings. The number of aromatic nitrogens is 1. The van der Waals surface area contributed by atoms with Gasteiger partial charge in [0.2, 0.25) is 5.88 Å². The van der Waals surface area contributed by atoms with Gasteiger partial charge in [-0.3, -0.25) is 0 Å². The fourth-order valence-electron chi connectivity index (χ4n) is 1.52. The molecule has 0 bridgehead atoms. The lowest BCUT2D eigenvalue weighted by Crippen LogP contribution is -2.06. The van der Waals surface area contributed by atoms with Gasteiger partial charge in [-0.25, -0.2) is 4.98 Å². The lowest BCUT2D eigenvalue weighted by molar-refractivity contribution is 0.293. The summed E-state index contributed by atoms with van der Waals surface area (Å²) in [5.41, 5.74) is 7.87. The molecule has 0 saturated heterocycles. The highest BCUT2D eigenvalue weighted by Gasteiger charge is 2.02. The summed E-state index contributed by atoms with van der Waals surface area (Å²) in [5, 5.41) is 0.718. The second-order valence-electron chi connectivity index (χ2n) is 4.13. The Kier molecular flexibility index (Phi) is 4.18. The number of nitrogens with two attached hydrogens (primary N) is 1. The van der Waals surface area contributed by atoms with Crippen molar-refractivity contribution in [1.29, 1.82) is 0 Å². The minimum Gasteiger partial charge on any atom is -0.473 e. The predicted octanol–water partition coefficient (Wildman–Crippen LogP) is 3.33. The van der Waals surface area contributed by atoms with Crippen LogP contribution in [0.15, 0.2) is 42.6 Å². The van der Waals surface area contributed by atoms with Gasteiger partial charge in [0, 0.05) is 23.3 Å². The average molecular weight is 263 g/mol. The highest BCUT2D eigenvalue weighted by atomic mass is 35.5. The number of rotatable bonds is 4. The van der Waals surface area contributed by atoms with Gasteiger partial charge in [0.15, 0.2) is 0 Å². The van der Waals surface area contributed by atoms with Crippen molar-refractivity contribution in [3.8, 4) is 5.88 Å². The molecule has 3 nitrogen and oxygen atoms in total. The van der Waals surface area contributed by atoms with E-state index in [1.807, 2.05) is 43.3 Å². The minimum absolute atomic E-state index is 0.0223. The Hall–Kier alpha value is -1.58. The quantitative estimate of drug-likeness (QED) is 0.919. The van der Waals surface area contributed by atoms with Crippen molar-refractivity contribution in [3.63, 3.8) is 0 Å². The Morgan fingerprint density at radius 3 is 2.67 bits per heavy atom. The van der Waals surface area contributed by atoms with Crippen molar-refractivity contribution in [2.45, 2.75) is 19.6 Å². The first-order valence-electron chi connectivity index (χ1n) is 5.74. The fraction of sp³-hybridized carbons (Fsp3) is 0.214. The molecule has 1 aromatic carbocycles. The van der Waals surface area contributed by atoms with Crippen LogP contribution in [0.5, 0.6) is 5.88 Å². The summed E-state index contributed by atoms with van der Waals surface area (Å²) in [5.74, 6) is 0.583. The van der Waals surface area contributed by atoms with Crippen LogP contribution in [-0.4, -0.2) is 4.98 Å². The van der Waals surface area contributed by atoms with E-state index in [2.05, 4.69) is 4.98 Å². The van der Waals surface area contributed by atoms with Gasteiger partial charge in [0.1, 0.15) is 6.61 Å². The third kappa shape index (κ3) is 3.45. The van der Waals surface area contributed by atoms with E-state index in [4.69, 9.17) is 22.1 Å². The smallest absolute Gasteiger partial charge is 0.213 e. The van der Waals surface area contributed by atoms with E-state index in [0.717, 1.165) is 16.1 Å². The number of ether oxygens (including phenoxy) is 1. The van der Waals surface area contributed by atoms with Crippen molar-refractivity contribution >= 4 is 11.6 Å². The highest BCUT2D eigenvalue weighted by molar-refractivity contribution is 6.30. The molecular formula is C14H15ClN2O. The summed E-state index contributed by atoms with van der Waals surface area (Å²) in [7, 11) is 0. The minimum atomic E-state index is -0.0223. The molecule has 0 spiro atoms. The molecule has 2 rings (SSSR count). The summed E-state index contributed by atoms with van der Waals surface area (Å²) >= 11 is 5.82. The molecule has 18 heavy (non-hydrogen) atoms. The third-order valence-electron chi connectivity index (χ3n) is 2.58. The standard InChI is InChI=1S/C14H15ClN2O/c1-10(16)12-6-7-17-14(8-12)18-9-11-2-4-13(15)5-3-11/h2-8,10H,9,16H2,1H3/t10-/m1/s1. The number of hydrogen-bond acceptors (Lipinski definition) is 3. The zero-order valence-electron chi connectivity index (χ0n) is 10.1. The van der Waals surface area contributed by atoms with E-state index < -0.39 is 0 Å². The van der Waals surface area contributed by atoms with E-state index in [0.29, 0.717) is 12.5 Å². The van der Waals surface area contributed by atoms with E-state index in [1.54, 1.807) is 6.20 Å². The molecule has 0 saturated carbocycles. The molecule has 0 radical (unpaired) electrons. The highest BCUT2D eigenvalue weighted by Crippen LogP contribution is 2.16. The SMILES string of the molecule is C[C@@H](N)c1ccnc(OCc2ccc(Cl)cc2)c1. The first-order valence-corrected chi connectivity index (χ1v) is 6.12. The maximum atomic E-state index is 5.82. The van der Waals surface area contributed by atoms with Crippen LogP contribution >= 0.6 is 11.6 Å². The molecule has 0 aliphatic carbocycles. The Labute approximate surface area is 112 Å². The lowest BCUT2D eigenvalue weighted by Gasteiger charge is -2.09. The van der Waals surface area contributed by atoms with Crippen molar-refractivity contribution in [1.82, 2.24) is 4.98 Å². The molecule has 1 heterocycles. The number of pyridine rings is 1. The predicted molar refractivity (Wildman–Crippen MR) is 72.6 cm³/mol.